The van der Waals surface area contributed by atoms with Gasteiger partial charge in [-0.25, -0.2) is 0 Å². The number of carbonyl (C=O) groups excluding carboxylic acids is 2. The Bertz CT molecular complexity index is 813. The Balaban J connectivity index is 2.30. The van der Waals surface area contributed by atoms with Gasteiger partial charge in [0.1, 0.15) is 0 Å². The number of Topliss-reactive ketones (excluding diaryl/α,β-unsaturated/α-hetero) is 1. The molecule has 0 radical (unpaired) electrons. The highest BCUT2D eigenvalue weighted by Gasteiger charge is 2.20. The average molecular weight is 329 g/mol. The summed E-state index contributed by atoms with van der Waals surface area (Å²) in [5, 5.41) is 24.1. The molecule has 24 heavy (non-hydrogen) atoms. The zero-order chi connectivity index (χ0) is 17.9. The van der Waals surface area contributed by atoms with Gasteiger partial charge in [0.2, 0.25) is 0 Å². The quantitative estimate of drug-likeness (QED) is 0.509. The number of non-ortho nitro benzene ring substituents is 2. The molecule has 9 heteroatoms. The molecule has 0 aromatic heterocycles. The van der Waals surface area contributed by atoms with E-state index in [1.165, 1.54) is 31.2 Å². The molecule has 0 fully saturated rings. The van der Waals surface area contributed by atoms with Gasteiger partial charge in [-0.15, -0.1) is 0 Å². The highest BCUT2D eigenvalue weighted by Crippen LogP contribution is 2.23. The van der Waals surface area contributed by atoms with Crippen molar-refractivity contribution in [2.45, 2.75) is 6.92 Å². The number of carbonyl (C=O) groups is 2. The van der Waals surface area contributed by atoms with Crippen LogP contribution in [0.4, 0.5) is 17.1 Å². The van der Waals surface area contributed by atoms with Gasteiger partial charge in [0, 0.05) is 23.4 Å². The highest BCUT2D eigenvalue weighted by atomic mass is 16.6. The molecule has 2 rings (SSSR count). The van der Waals surface area contributed by atoms with Crippen LogP contribution in [-0.2, 0) is 0 Å². The van der Waals surface area contributed by atoms with Crippen LogP contribution in [0.1, 0.15) is 27.6 Å². The van der Waals surface area contributed by atoms with E-state index in [0.717, 1.165) is 18.2 Å². The SMILES string of the molecule is CC(=O)c1ccc(NC(=O)c2cc([N+](=O)[O-])cc([N+](=O)[O-])c2)cc1. The minimum Gasteiger partial charge on any atom is -0.322 e. The molecule has 1 amide bonds. The van der Waals surface area contributed by atoms with Crippen molar-refractivity contribution in [3.05, 3.63) is 73.8 Å². The van der Waals surface area contributed by atoms with E-state index in [1.807, 2.05) is 0 Å². The van der Waals surface area contributed by atoms with Crippen molar-refractivity contribution in [1.29, 1.82) is 0 Å². The van der Waals surface area contributed by atoms with Crippen LogP contribution in [0.25, 0.3) is 0 Å². The Kier molecular flexibility index (Phi) is 4.64. The van der Waals surface area contributed by atoms with Gasteiger partial charge >= 0.3 is 0 Å². The van der Waals surface area contributed by atoms with Crippen molar-refractivity contribution in [3.63, 3.8) is 0 Å². The molecule has 122 valence electrons. The fourth-order valence-electron chi connectivity index (χ4n) is 1.93. The Morgan fingerprint density at radius 1 is 0.875 bits per heavy atom. The Hall–Kier alpha value is -3.62. The van der Waals surface area contributed by atoms with Gasteiger partial charge in [-0.2, -0.15) is 0 Å². The molecular weight excluding hydrogens is 318 g/mol. The topological polar surface area (TPSA) is 132 Å². The maximum absolute atomic E-state index is 12.2. The van der Waals surface area contributed by atoms with Gasteiger partial charge in [0.25, 0.3) is 17.3 Å². The molecule has 0 aliphatic heterocycles. The summed E-state index contributed by atoms with van der Waals surface area (Å²) in [4.78, 5) is 43.4. The van der Waals surface area contributed by atoms with Crippen LogP contribution < -0.4 is 5.32 Å². The second kappa shape index (κ2) is 6.65. The van der Waals surface area contributed by atoms with Crippen molar-refractivity contribution < 1.29 is 19.4 Å². The Morgan fingerprint density at radius 2 is 1.38 bits per heavy atom. The third-order valence-electron chi connectivity index (χ3n) is 3.14. The predicted octanol–water partition coefficient (Wildman–Crippen LogP) is 2.96. The van der Waals surface area contributed by atoms with E-state index in [9.17, 15) is 29.8 Å². The predicted molar refractivity (Wildman–Crippen MR) is 84.2 cm³/mol. The first-order valence-corrected chi connectivity index (χ1v) is 6.64. The van der Waals surface area contributed by atoms with Crippen LogP contribution in [0.2, 0.25) is 0 Å². The monoisotopic (exact) mass is 329 g/mol. The highest BCUT2D eigenvalue weighted by molar-refractivity contribution is 6.05. The van der Waals surface area contributed by atoms with Crippen LogP contribution in [0.15, 0.2) is 42.5 Å². The molecule has 1 N–H and O–H groups in total. The van der Waals surface area contributed by atoms with Crippen molar-refractivity contribution in [1.82, 2.24) is 0 Å². The van der Waals surface area contributed by atoms with Crippen molar-refractivity contribution in [2.24, 2.45) is 0 Å². The summed E-state index contributed by atoms with van der Waals surface area (Å²) in [6.07, 6.45) is 0. The van der Waals surface area contributed by atoms with E-state index >= 15 is 0 Å². The van der Waals surface area contributed by atoms with E-state index in [2.05, 4.69) is 5.32 Å². The zero-order valence-corrected chi connectivity index (χ0v) is 12.4. The zero-order valence-electron chi connectivity index (χ0n) is 12.4. The molecular formula is C15H11N3O6. The van der Waals surface area contributed by atoms with Crippen LogP contribution in [0, 0.1) is 20.2 Å². The summed E-state index contributed by atoms with van der Waals surface area (Å²) in [5.41, 5.74) is -0.521. The van der Waals surface area contributed by atoms with Crippen LogP contribution in [0.3, 0.4) is 0 Å². The maximum Gasteiger partial charge on any atom is 0.277 e. The number of ketones is 1. The fourth-order valence-corrected chi connectivity index (χ4v) is 1.93. The third kappa shape index (κ3) is 3.77. The normalized spacial score (nSPS) is 10.0. The Morgan fingerprint density at radius 3 is 1.79 bits per heavy atom. The number of rotatable bonds is 5. The summed E-state index contributed by atoms with van der Waals surface area (Å²) in [5.74, 6) is -0.875. The first-order valence-electron chi connectivity index (χ1n) is 6.64. The Labute approximate surface area is 135 Å². The number of nitro benzene ring substituents is 2. The third-order valence-corrected chi connectivity index (χ3v) is 3.14. The molecule has 0 bridgehead atoms. The van der Waals surface area contributed by atoms with E-state index in [1.54, 1.807) is 0 Å². The number of amides is 1. The number of nitrogens with one attached hydrogen (secondary N) is 1. The van der Waals surface area contributed by atoms with Gasteiger partial charge in [0.15, 0.2) is 5.78 Å². The van der Waals surface area contributed by atoms with Gasteiger partial charge in [0.05, 0.1) is 21.5 Å². The summed E-state index contributed by atoms with van der Waals surface area (Å²) < 4.78 is 0. The van der Waals surface area contributed by atoms with E-state index in [0.29, 0.717) is 11.3 Å². The van der Waals surface area contributed by atoms with Crippen molar-refractivity contribution >= 4 is 28.8 Å². The van der Waals surface area contributed by atoms with Gasteiger partial charge in [-0.3, -0.25) is 29.8 Å². The lowest BCUT2D eigenvalue weighted by Gasteiger charge is -2.06. The summed E-state index contributed by atoms with van der Waals surface area (Å²) in [7, 11) is 0. The van der Waals surface area contributed by atoms with Crippen molar-refractivity contribution in [3.8, 4) is 0 Å². The van der Waals surface area contributed by atoms with E-state index in [4.69, 9.17) is 0 Å². The summed E-state index contributed by atoms with van der Waals surface area (Å²) in [6, 6.07) is 8.67. The molecule has 2 aromatic carbocycles. The number of anilines is 1. The number of benzene rings is 2. The lowest BCUT2D eigenvalue weighted by atomic mass is 10.1. The fraction of sp³-hybridized carbons (Fsp3) is 0.0667. The number of hydrogen-bond donors (Lipinski definition) is 1. The second-order valence-electron chi connectivity index (χ2n) is 4.84. The largest absolute Gasteiger partial charge is 0.322 e. The summed E-state index contributed by atoms with van der Waals surface area (Å²) >= 11 is 0. The van der Waals surface area contributed by atoms with Gasteiger partial charge in [-0.1, -0.05) is 0 Å². The lowest BCUT2D eigenvalue weighted by Crippen LogP contribution is -2.12. The molecule has 0 aliphatic rings. The number of hydrogen-bond acceptors (Lipinski definition) is 6. The number of nitrogens with zero attached hydrogens (tertiary/aromatic N) is 2. The lowest BCUT2D eigenvalue weighted by molar-refractivity contribution is -0.394. The van der Waals surface area contributed by atoms with E-state index in [-0.39, 0.29) is 11.3 Å². The minimum absolute atomic E-state index is 0.137. The van der Waals surface area contributed by atoms with Crippen molar-refractivity contribution in [2.75, 3.05) is 5.32 Å². The molecule has 0 unspecified atom stereocenters. The molecule has 0 heterocycles. The van der Waals surface area contributed by atoms with Gasteiger partial charge in [-0.05, 0) is 31.2 Å². The molecule has 0 saturated carbocycles. The van der Waals surface area contributed by atoms with Crippen LogP contribution >= 0.6 is 0 Å². The second-order valence-corrected chi connectivity index (χ2v) is 4.84. The molecule has 0 atom stereocenters. The van der Waals surface area contributed by atoms with Crippen LogP contribution in [0.5, 0.6) is 0 Å². The molecule has 2 aromatic rings. The molecule has 9 nitrogen and oxygen atoms in total. The van der Waals surface area contributed by atoms with E-state index < -0.39 is 27.1 Å². The molecule has 0 aliphatic carbocycles. The first-order chi connectivity index (χ1) is 11.3. The standard InChI is InChI=1S/C15H11N3O6/c1-9(19)10-2-4-12(5-3-10)16-15(20)11-6-13(17(21)22)8-14(7-11)18(23)24/h2-8H,1H3,(H,16,20). The van der Waals surface area contributed by atoms with Gasteiger partial charge < -0.3 is 5.32 Å². The minimum atomic E-state index is -0.814. The van der Waals surface area contributed by atoms with Crippen LogP contribution in [-0.4, -0.2) is 21.5 Å². The summed E-state index contributed by atoms with van der Waals surface area (Å²) in [6.45, 7) is 1.40. The maximum atomic E-state index is 12.2. The average Bonchev–Trinajstić information content (AvgIpc) is 2.54. The number of nitro groups is 2. The molecule has 0 saturated heterocycles. The molecule has 0 spiro atoms. The first kappa shape index (κ1) is 16.7. The smallest absolute Gasteiger partial charge is 0.277 e.